The van der Waals surface area contributed by atoms with E-state index in [1.807, 2.05) is 0 Å². The molecule has 0 heterocycles. The fourth-order valence-electron chi connectivity index (χ4n) is 3.07. The van der Waals surface area contributed by atoms with Gasteiger partial charge >= 0.3 is 0 Å². The minimum Gasteiger partial charge on any atom is -0.0654 e. The van der Waals surface area contributed by atoms with E-state index >= 15 is 0 Å². The van der Waals surface area contributed by atoms with Crippen LogP contribution in [-0.2, 0) is 0 Å². The van der Waals surface area contributed by atoms with Gasteiger partial charge in [0.15, 0.2) is 0 Å². The van der Waals surface area contributed by atoms with Crippen LogP contribution in [0, 0.1) is 24.2 Å². The van der Waals surface area contributed by atoms with Crippen molar-refractivity contribution in [1.82, 2.24) is 0 Å². The lowest BCUT2D eigenvalue weighted by molar-refractivity contribution is 0.230. The molecule has 0 rings (SSSR count). The van der Waals surface area contributed by atoms with Crippen LogP contribution in [0.1, 0.15) is 79.6 Å². The molecule has 16 heavy (non-hydrogen) atoms. The first kappa shape index (κ1) is 16.0. The second kappa shape index (κ2) is 8.14. The van der Waals surface area contributed by atoms with Crippen LogP contribution in [0.2, 0.25) is 0 Å². The molecule has 97 valence electrons. The molecule has 3 unspecified atom stereocenters. The summed E-state index contributed by atoms with van der Waals surface area (Å²) in [6, 6.07) is 0. The van der Waals surface area contributed by atoms with Crippen LogP contribution in [0.15, 0.2) is 0 Å². The van der Waals surface area contributed by atoms with Gasteiger partial charge in [-0.1, -0.05) is 60.3 Å². The Morgan fingerprint density at radius 3 is 2.06 bits per heavy atom. The summed E-state index contributed by atoms with van der Waals surface area (Å²) in [4.78, 5) is 0. The highest BCUT2D eigenvalue weighted by atomic mass is 14.3. The van der Waals surface area contributed by atoms with E-state index in [1.165, 1.54) is 44.9 Å². The highest BCUT2D eigenvalue weighted by Gasteiger charge is 2.24. The molecule has 0 saturated carbocycles. The molecule has 0 fully saturated rings. The average Bonchev–Trinajstić information content (AvgIpc) is 2.17. The largest absolute Gasteiger partial charge is 0.0654 e. The van der Waals surface area contributed by atoms with Crippen molar-refractivity contribution < 1.29 is 0 Å². The fraction of sp³-hybridized carbons (Fsp3) is 0.938. The molecule has 0 aromatic rings. The van der Waals surface area contributed by atoms with Gasteiger partial charge in [-0.25, -0.2) is 0 Å². The fourth-order valence-corrected chi connectivity index (χ4v) is 3.07. The first-order valence-electron chi connectivity index (χ1n) is 7.32. The Morgan fingerprint density at radius 1 is 1.00 bits per heavy atom. The normalized spacial score (nSPS) is 19.1. The van der Waals surface area contributed by atoms with Gasteiger partial charge in [0.2, 0.25) is 0 Å². The molecule has 0 N–H and O–H groups in total. The van der Waals surface area contributed by atoms with E-state index in [9.17, 15) is 0 Å². The van der Waals surface area contributed by atoms with Crippen LogP contribution >= 0.6 is 0 Å². The third kappa shape index (κ3) is 6.55. The average molecular weight is 225 g/mol. The number of rotatable bonds is 9. The zero-order valence-corrected chi connectivity index (χ0v) is 12.3. The molecule has 0 aliphatic heterocycles. The molecule has 0 heteroatoms. The predicted octanol–water partition coefficient (Wildman–Crippen LogP) is 5.87. The minimum atomic E-state index is 0.347. The van der Waals surface area contributed by atoms with E-state index in [-0.39, 0.29) is 0 Å². The first-order valence-corrected chi connectivity index (χ1v) is 7.32. The van der Waals surface area contributed by atoms with Crippen LogP contribution in [0.3, 0.4) is 0 Å². The van der Waals surface area contributed by atoms with Crippen LogP contribution in [0.25, 0.3) is 0 Å². The topological polar surface area (TPSA) is 0 Å². The highest BCUT2D eigenvalue weighted by molar-refractivity contribution is 4.82. The quantitative estimate of drug-likeness (QED) is 0.460. The van der Waals surface area contributed by atoms with Crippen molar-refractivity contribution in [2.24, 2.45) is 17.3 Å². The van der Waals surface area contributed by atoms with Crippen molar-refractivity contribution in [2.75, 3.05) is 0 Å². The Morgan fingerprint density at radius 2 is 1.62 bits per heavy atom. The van der Waals surface area contributed by atoms with Crippen LogP contribution in [0.5, 0.6) is 0 Å². The second-order valence-electron chi connectivity index (χ2n) is 6.04. The molecule has 0 saturated heterocycles. The summed E-state index contributed by atoms with van der Waals surface area (Å²) in [7, 11) is 0. The van der Waals surface area contributed by atoms with Gasteiger partial charge in [0.05, 0.1) is 0 Å². The third-order valence-corrected chi connectivity index (χ3v) is 3.90. The van der Waals surface area contributed by atoms with Crippen molar-refractivity contribution >= 4 is 0 Å². The molecule has 0 amide bonds. The van der Waals surface area contributed by atoms with Gasteiger partial charge < -0.3 is 0 Å². The highest BCUT2D eigenvalue weighted by Crippen LogP contribution is 2.36. The molecule has 0 aliphatic rings. The third-order valence-electron chi connectivity index (χ3n) is 3.90. The molecule has 0 aromatic carbocycles. The summed E-state index contributed by atoms with van der Waals surface area (Å²) in [5, 5.41) is 0. The molecule has 0 spiro atoms. The van der Waals surface area contributed by atoms with Gasteiger partial charge in [-0.2, -0.15) is 0 Å². The lowest BCUT2D eigenvalue weighted by Crippen LogP contribution is -2.20. The molecule has 1 radical (unpaired) electrons. The summed E-state index contributed by atoms with van der Waals surface area (Å²) in [5.74, 6) is 1.73. The Balaban J connectivity index is 4.04. The van der Waals surface area contributed by atoms with Gasteiger partial charge in [-0.3, -0.25) is 0 Å². The van der Waals surface area contributed by atoms with Gasteiger partial charge in [0.25, 0.3) is 0 Å². The van der Waals surface area contributed by atoms with Crippen molar-refractivity contribution in [3.8, 4) is 0 Å². The summed E-state index contributed by atoms with van der Waals surface area (Å²) in [6.45, 7) is 16.1. The van der Waals surface area contributed by atoms with Gasteiger partial charge in [0, 0.05) is 0 Å². The monoisotopic (exact) mass is 225 g/mol. The zero-order valence-electron chi connectivity index (χ0n) is 12.3. The van der Waals surface area contributed by atoms with Crippen molar-refractivity contribution in [2.45, 2.75) is 79.6 Å². The smallest absolute Gasteiger partial charge is 0.0297 e. The summed E-state index contributed by atoms with van der Waals surface area (Å²) >= 11 is 0. The van der Waals surface area contributed by atoms with E-state index in [2.05, 4.69) is 41.5 Å². The molecular formula is C16H33. The molecule has 0 aliphatic carbocycles. The summed E-state index contributed by atoms with van der Waals surface area (Å²) in [6.07, 6.45) is 9.19. The molecule has 3 atom stereocenters. The maximum Gasteiger partial charge on any atom is -0.0297 e. The van der Waals surface area contributed by atoms with E-state index in [4.69, 9.17) is 0 Å². The maximum absolute atomic E-state index is 4.47. The van der Waals surface area contributed by atoms with E-state index in [0.717, 1.165) is 11.8 Å². The molecular weight excluding hydrogens is 192 g/mol. The first-order chi connectivity index (χ1) is 7.47. The SMILES string of the molecule is [CH2]C(CC)(CCC)CC(C)CC(C)CCC. The lowest BCUT2D eigenvalue weighted by atomic mass is 9.74. The van der Waals surface area contributed by atoms with E-state index in [0.29, 0.717) is 5.41 Å². The minimum absolute atomic E-state index is 0.347. The number of hydrogen-bond donors (Lipinski definition) is 0. The Hall–Kier alpha value is 0. The lowest BCUT2D eigenvalue weighted by Gasteiger charge is -2.31. The predicted molar refractivity (Wildman–Crippen MR) is 75.5 cm³/mol. The summed E-state index contributed by atoms with van der Waals surface area (Å²) < 4.78 is 0. The van der Waals surface area contributed by atoms with Crippen molar-refractivity contribution in [3.05, 3.63) is 6.92 Å². The van der Waals surface area contributed by atoms with Crippen LogP contribution < -0.4 is 0 Å². The van der Waals surface area contributed by atoms with Gasteiger partial charge in [0.1, 0.15) is 0 Å². The van der Waals surface area contributed by atoms with Gasteiger partial charge in [-0.15, -0.1) is 0 Å². The molecule has 0 aromatic heterocycles. The molecule has 0 nitrogen and oxygen atoms in total. The van der Waals surface area contributed by atoms with Gasteiger partial charge in [-0.05, 0) is 43.4 Å². The standard InChI is InChI=1S/C16H33/c1-7-10-14(4)12-15(5)13-16(6,9-3)11-8-2/h14-15H,6-13H2,1-5H3. The van der Waals surface area contributed by atoms with Crippen molar-refractivity contribution in [3.63, 3.8) is 0 Å². The summed E-state index contributed by atoms with van der Waals surface area (Å²) in [5.41, 5.74) is 0.347. The van der Waals surface area contributed by atoms with Crippen LogP contribution in [0.4, 0.5) is 0 Å². The molecule has 0 bridgehead atoms. The Kier molecular flexibility index (Phi) is 8.14. The zero-order chi connectivity index (χ0) is 12.6. The maximum atomic E-state index is 4.47. The van der Waals surface area contributed by atoms with E-state index < -0.39 is 0 Å². The van der Waals surface area contributed by atoms with Crippen molar-refractivity contribution in [1.29, 1.82) is 0 Å². The number of hydrogen-bond acceptors (Lipinski definition) is 0. The van der Waals surface area contributed by atoms with E-state index in [1.54, 1.807) is 0 Å². The second-order valence-corrected chi connectivity index (χ2v) is 6.04. The Bertz CT molecular complexity index is 161. The van der Waals surface area contributed by atoms with Crippen LogP contribution in [-0.4, -0.2) is 0 Å². The Labute approximate surface area is 104 Å².